The highest BCUT2D eigenvalue weighted by atomic mass is 35.5. The summed E-state index contributed by atoms with van der Waals surface area (Å²) in [5.74, 6) is 2.33. The average Bonchev–Trinajstić information content (AvgIpc) is 2.82. The lowest BCUT2D eigenvalue weighted by Crippen LogP contribution is -2.14. The van der Waals surface area contributed by atoms with Crippen LogP contribution in [0.15, 0.2) is 102 Å². The summed E-state index contributed by atoms with van der Waals surface area (Å²) in [6.45, 7) is 2.13. The second-order valence-electron chi connectivity index (χ2n) is 7.43. The van der Waals surface area contributed by atoms with E-state index in [1.807, 2.05) is 84.9 Å². The number of amides is 1. The molecule has 4 aromatic carbocycles. The Balaban J connectivity index is 1.54. The molecule has 0 heterocycles. The van der Waals surface area contributed by atoms with Crippen LogP contribution in [0.3, 0.4) is 0 Å². The molecule has 0 fully saturated rings. The van der Waals surface area contributed by atoms with Crippen LogP contribution >= 0.6 is 23.4 Å². The number of carbonyl (C=O) groups excluding carboxylic acids is 1. The van der Waals surface area contributed by atoms with Crippen LogP contribution in [0.4, 0.5) is 5.69 Å². The van der Waals surface area contributed by atoms with Gasteiger partial charge >= 0.3 is 0 Å². The Labute approximate surface area is 203 Å². The highest BCUT2D eigenvalue weighted by Crippen LogP contribution is 2.36. The molecule has 0 saturated heterocycles. The largest absolute Gasteiger partial charge is 0.457 e. The molecule has 0 unspecified atom stereocenters. The van der Waals surface area contributed by atoms with Gasteiger partial charge in [-0.1, -0.05) is 61.0 Å². The number of rotatable bonds is 8. The summed E-state index contributed by atoms with van der Waals surface area (Å²) in [6.07, 6.45) is 0.310. The maximum Gasteiger partial charge on any atom is 0.228 e. The van der Waals surface area contributed by atoms with Gasteiger partial charge in [-0.15, -0.1) is 11.8 Å². The predicted molar refractivity (Wildman–Crippen MR) is 139 cm³/mol. The lowest BCUT2D eigenvalue weighted by atomic mass is 10.0. The Morgan fingerprint density at radius 3 is 2.33 bits per heavy atom. The van der Waals surface area contributed by atoms with Gasteiger partial charge in [0.1, 0.15) is 11.5 Å². The zero-order chi connectivity index (χ0) is 23.0. The van der Waals surface area contributed by atoms with Crippen molar-refractivity contribution < 1.29 is 9.53 Å². The molecule has 5 heteroatoms. The summed E-state index contributed by atoms with van der Waals surface area (Å²) in [7, 11) is 0. The van der Waals surface area contributed by atoms with E-state index in [4.69, 9.17) is 16.3 Å². The van der Waals surface area contributed by atoms with E-state index in [2.05, 4.69) is 24.4 Å². The molecular formula is C28H24ClNO2S. The number of thioether (sulfide) groups is 1. The minimum atomic E-state index is -0.0733. The lowest BCUT2D eigenvalue weighted by molar-refractivity contribution is -0.115. The summed E-state index contributed by atoms with van der Waals surface area (Å²) in [4.78, 5) is 13.9. The number of halogens is 1. The summed E-state index contributed by atoms with van der Waals surface area (Å²) in [5.41, 5.74) is 3.55. The first-order valence-electron chi connectivity index (χ1n) is 10.7. The van der Waals surface area contributed by atoms with Crippen LogP contribution in [0, 0.1) is 0 Å². The van der Waals surface area contributed by atoms with E-state index >= 15 is 0 Å². The van der Waals surface area contributed by atoms with Crippen molar-refractivity contribution in [2.75, 3.05) is 11.1 Å². The van der Waals surface area contributed by atoms with Gasteiger partial charge in [0.25, 0.3) is 0 Å². The zero-order valence-corrected chi connectivity index (χ0v) is 19.8. The molecule has 0 bridgehead atoms. The molecule has 0 aromatic heterocycles. The molecule has 0 aliphatic heterocycles. The minimum absolute atomic E-state index is 0.0733. The fourth-order valence-electron chi connectivity index (χ4n) is 3.43. The molecule has 0 aliphatic rings. The molecule has 0 saturated carbocycles. The van der Waals surface area contributed by atoms with Crippen LogP contribution in [0.25, 0.3) is 11.1 Å². The SMILES string of the molecule is CCSc1ccc(CC(=O)Nc2ccc(-c3ccc(Cl)cc3)c(Oc3ccccc3)c2)cc1. The lowest BCUT2D eigenvalue weighted by Gasteiger charge is -2.14. The molecule has 4 aromatic rings. The van der Waals surface area contributed by atoms with Gasteiger partial charge in [-0.2, -0.15) is 0 Å². The Hall–Kier alpha value is -3.21. The summed E-state index contributed by atoms with van der Waals surface area (Å²) in [5, 5.41) is 3.67. The van der Waals surface area contributed by atoms with Crippen LogP contribution in [0.1, 0.15) is 12.5 Å². The standard InChI is InChI=1S/C28H24ClNO2S/c1-2-33-25-15-8-20(9-16-25)18-28(31)30-23-14-17-26(21-10-12-22(29)13-11-21)27(19-23)32-24-6-4-3-5-7-24/h3-17,19H,2,18H2,1H3,(H,30,31). The first kappa shape index (κ1) is 23.0. The Morgan fingerprint density at radius 1 is 0.909 bits per heavy atom. The second kappa shape index (κ2) is 11.1. The molecule has 4 rings (SSSR count). The van der Waals surface area contributed by atoms with E-state index in [-0.39, 0.29) is 5.91 Å². The number of carbonyl (C=O) groups is 1. The molecule has 166 valence electrons. The van der Waals surface area contributed by atoms with Crippen LogP contribution in [0.2, 0.25) is 5.02 Å². The van der Waals surface area contributed by atoms with Gasteiger partial charge in [0.05, 0.1) is 6.42 Å². The summed E-state index contributed by atoms with van der Waals surface area (Å²) < 4.78 is 6.18. The molecule has 0 spiro atoms. The maximum atomic E-state index is 12.7. The minimum Gasteiger partial charge on any atom is -0.457 e. The molecule has 33 heavy (non-hydrogen) atoms. The molecule has 1 N–H and O–H groups in total. The van der Waals surface area contributed by atoms with Crippen LogP contribution in [0.5, 0.6) is 11.5 Å². The second-order valence-corrected chi connectivity index (χ2v) is 9.21. The van der Waals surface area contributed by atoms with E-state index in [0.29, 0.717) is 22.9 Å². The number of benzene rings is 4. The molecule has 1 amide bonds. The molecule has 0 radical (unpaired) electrons. The quantitative estimate of drug-likeness (QED) is 0.263. The monoisotopic (exact) mass is 473 g/mol. The molecular weight excluding hydrogens is 450 g/mol. The van der Waals surface area contributed by atoms with E-state index in [1.165, 1.54) is 4.90 Å². The van der Waals surface area contributed by atoms with E-state index in [1.54, 1.807) is 11.8 Å². The Kier molecular flexibility index (Phi) is 7.71. The van der Waals surface area contributed by atoms with Crippen molar-refractivity contribution in [3.05, 3.63) is 108 Å². The summed E-state index contributed by atoms with van der Waals surface area (Å²) in [6, 6.07) is 31.0. The maximum absolute atomic E-state index is 12.7. The van der Waals surface area contributed by atoms with Gasteiger partial charge in [-0.25, -0.2) is 0 Å². The van der Waals surface area contributed by atoms with E-state index < -0.39 is 0 Å². The third-order valence-electron chi connectivity index (χ3n) is 4.99. The van der Waals surface area contributed by atoms with Crippen molar-refractivity contribution in [3.8, 4) is 22.6 Å². The topological polar surface area (TPSA) is 38.3 Å². The number of ether oxygens (including phenoxy) is 1. The van der Waals surface area contributed by atoms with Crippen LogP contribution in [-0.4, -0.2) is 11.7 Å². The molecule has 3 nitrogen and oxygen atoms in total. The van der Waals surface area contributed by atoms with Crippen molar-refractivity contribution in [2.45, 2.75) is 18.2 Å². The van der Waals surface area contributed by atoms with Gasteiger partial charge < -0.3 is 10.1 Å². The Morgan fingerprint density at radius 2 is 1.64 bits per heavy atom. The normalized spacial score (nSPS) is 10.6. The number of hydrogen-bond acceptors (Lipinski definition) is 3. The molecule has 0 aliphatic carbocycles. The smallest absolute Gasteiger partial charge is 0.228 e. The third-order valence-corrected chi connectivity index (χ3v) is 6.14. The first-order chi connectivity index (χ1) is 16.1. The number of nitrogens with one attached hydrogen (secondary N) is 1. The van der Waals surface area contributed by atoms with Gasteiger partial charge in [0.15, 0.2) is 0 Å². The number of hydrogen-bond donors (Lipinski definition) is 1. The predicted octanol–water partition coefficient (Wildman–Crippen LogP) is 8.09. The van der Waals surface area contributed by atoms with E-state index in [9.17, 15) is 4.79 Å². The zero-order valence-electron chi connectivity index (χ0n) is 18.3. The van der Waals surface area contributed by atoms with Crippen molar-refractivity contribution in [1.29, 1.82) is 0 Å². The van der Waals surface area contributed by atoms with Crippen molar-refractivity contribution in [2.24, 2.45) is 0 Å². The van der Waals surface area contributed by atoms with E-state index in [0.717, 1.165) is 28.2 Å². The van der Waals surface area contributed by atoms with Crippen molar-refractivity contribution >= 4 is 35.0 Å². The van der Waals surface area contributed by atoms with Crippen molar-refractivity contribution in [1.82, 2.24) is 0 Å². The first-order valence-corrected chi connectivity index (χ1v) is 12.1. The molecule has 0 atom stereocenters. The highest BCUT2D eigenvalue weighted by Gasteiger charge is 2.12. The van der Waals surface area contributed by atoms with Gasteiger partial charge in [-0.3, -0.25) is 4.79 Å². The summed E-state index contributed by atoms with van der Waals surface area (Å²) >= 11 is 7.85. The fraction of sp³-hybridized carbons (Fsp3) is 0.107. The van der Waals surface area contributed by atoms with Gasteiger partial charge in [0, 0.05) is 27.2 Å². The number of anilines is 1. The highest BCUT2D eigenvalue weighted by molar-refractivity contribution is 7.99. The third kappa shape index (κ3) is 6.41. The number of para-hydroxylation sites is 1. The average molecular weight is 474 g/mol. The van der Waals surface area contributed by atoms with Crippen LogP contribution in [-0.2, 0) is 11.2 Å². The van der Waals surface area contributed by atoms with Crippen LogP contribution < -0.4 is 10.1 Å². The fourth-order valence-corrected chi connectivity index (χ4v) is 4.22. The van der Waals surface area contributed by atoms with Crippen molar-refractivity contribution in [3.63, 3.8) is 0 Å². The van der Waals surface area contributed by atoms with Gasteiger partial charge in [-0.05, 0) is 65.4 Å². The Bertz CT molecular complexity index is 1210. The van der Waals surface area contributed by atoms with Gasteiger partial charge in [0.2, 0.25) is 5.91 Å².